The van der Waals surface area contributed by atoms with Gasteiger partial charge >= 0.3 is 0 Å². The van der Waals surface area contributed by atoms with E-state index in [2.05, 4.69) is 60.0 Å². The molecule has 0 radical (unpaired) electrons. The van der Waals surface area contributed by atoms with Crippen LogP contribution < -0.4 is 5.32 Å². The van der Waals surface area contributed by atoms with Crippen LogP contribution >= 0.6 is 22.6 Å². The molecule has 22 heavy (non-hydrogen) atoms. The molecule has 0 heterocycles. The molecule has 2 aromatic rings. The molecule has 0 atom stereocenters. The van der Waals surface area contributed by atoms with Gasteiger partial charge in [0, 0.05) is 10.1 Å². The smallest absolute Gasteiger partial charge is 0.252 e. The van der Waals surface area contributed by atoms with Gasteiger partial charge in [-0.25, -0.2) is 0 Å². The molecule has 0 aliphatic carbocycles. The molecule has 2 rings (SSSR count). The highest BCUT2D eigenvalue weighted by atomic mass is 127. The molecule has 0 aliphatic heterocycles. The number of hydrogen-bond acceptors (Lipinski definition) is 1. The average Bonchev–Trinajstić information content (AvgIpc) is 2.52. The van der Waals surface area contributed by atoms with Crippen LogP contribution in [-0.2, 0) is 19.4 Å². The number of nitrogens with one attached hydrogen (secondary N) is 1. The summed E-state index contributed by atoms with van der Waals surface area (Å²) in [7, 11) is 0. The number of amides is 1. The van der Waals surface area contributed by atoms with Crippen molar-refractivity contribution in [2.24, 2.45) is 0 Å². The van der Waals surface area contributed by atoms with Gasteiger partial charge in [0.2, 0.25) is 0 Å². The number of benzene rings is 2. The van der Waals surface area contributed by atoms with E-state index in [0.29, 0.717) is 6.54 Å². The fourth-order valence-electron chi connectivity index (χ4n) is 2.48. The molecule has 0 saturated carbocycles. The van der Waals surface area contributed by atoms with Crippen LogP contribution in [0.4, 0.5) is 0 Å². The summed E-state index contributed by atoms with van der Waals surface area (Å²) in [6, 6.07) is 12.5. The van der Waals surface area contributed by atoms with Gasteiger partial charge in [-0.3, -0.25) is 4.79 Å². The predicted molar refractivity (Wildman–Crippen MR) is 100 cm³/mol. The standard InChI is InChI=1S/C19H22INO/c1-4-14-7-8-15(5-2)16(11-14)12-21-19(22)17-9-6-13(3)10-18(17)20/h6-11H,4-5,12H2,1-3H3,(H,21,22). The minimum atomic E-state index is -0.00615. The lowest BCUT2D eigenvalue weighted by atomic mass is 10.0. The monoisotopic (exact) mass is 407 g/mol. The number of halogens is 1. The maximum Gasteiger partial charge on any atom is 0.252 e. The summed E-state index contributed by atoms with van der Waals surface area (Å²) in [4.78, 5) is 12.4. The van der Waals surface area contributed by atoms with E-state index in [0.717, 1.165) is 22.0 Å². The van der Waals surface area contributed by atoms with E-state index in [9.17, 15) is 4.79 Å². The highest BCUT2D eigenvalue weighted by Gasteiger charge is 2.10. The molecule has 0 aliphatic rings. The zero-order valence-electron chi connectivity index (χ0n) is 13.4. The first-order valence-electron chi connectivity index (χ1n) is 7.70. The van der Waals surface area contributed by atoms with Gasteiger partial charge in [-0.05, 0) is 71.2 Å². The Bertz CT molecular complexity index is 679. The Morgan fingerprint density at radius 3 is 2.45 bits per heavy atom. The van der Waals surface area contributed by atoms with Gasteiger partial charge in [-0.2, -0.15) is 0 Å². The Morgan fingerprint density at radius 1 is 1.05 bits per heavy atom. The molecule has 116 valence electrons. The largest absolute Gasteiger partial charge is 0.348 e. The fourth-order valence-corrected chi connectivity index (χ4v) is 3.40. The molecule has 0 saturated heterocycles. The van der Waals surface area contributed by atoms with Crippen LogP contribution in [0.25, 0.3) is 0 Å². The highest BCUT2D eigenvalue weighted by molar-refractivity contribution is 14.1. The molecule has 0 fully saturated rings. The van der Waals surface area contributed by atoms with Crippen LogP contribution in [0.5, 0.6) is 0 Å². The third kappa shape index (κ3) is 4.09. The molecular formula is C19H22INO. The summed E-state index contributed by atoms with van der Waals surface area (Å²) in [5.41, 5.74) is 5.75. The van der Waals surface area contributed by atoms with Crippen LogP contribution in [0, 0.1) is 10.5 Å². The van der Waals surface area contributed by atoms with Crippen LogP contribution in [0.3, 0.4) is 0 Å². The highest BCUT2D eigenvalue weighted by Crippen LogP contribution is 2.16. The van der Waals surface area contributed by atoms with Gasteiger partial charge in [0.15, 0.2) is 0 Å². The van der Waals surface area contributed by atoms with Crippen molar-refractivity contribution in [3.8, 4) is 0 Å². The first-order chi connectivity index (χ1) is 10.5. The van der Waals surface area contributed by atoms with Gasteiger partial charge < -0.3 is 5.32 Å². The molecular weight excluding hydrogens is 385 g/mol. The minimum absolute atomic E-state index is 0.00615. The summed E-state index contributed by atoms with van der Waals surface area (Å²) >= 11 is 2.22. The molecule has 2 aromatic carbocycles. The lowest BCUT2D eigenvalue weighted by molar-refractivity contribution is 0.0950. The number of rotatable bonds is 5. The Labute approximate surface area is 146 Å². The molecule has 0 unspecified atom stereocenters. The van der Waals surface area contributed by atoms with Gasteiger partial charge in [0.1, 0.15) is 0 Å². The molecule has 2 nitrogen and oxygen atoms in total. The fraction of sp³-hybridized carbons (Fsp3) is 0.316. The summed E-state index contributed by atoms with van der Waals surface area (Å²) in [6.45, 7) is 6.92. The van der Waals surface area contributed by atoms with Crippen molar-refractivity contribution in [2.45, 2.75) is 40.2 Å². The molecule has 0 aromatic heterocycles. The van der Waals surface area contributed by atoms with E-state index in [-0.39, 0.29) is 5.91 Å². The lowest BCUT2D eigenvalue weighted by Gasteiger charge is -2.12. The zero-order valence-corrected chi connectivity index (χ0v) is 15.5. The Hall–Kier alpha value is -1.36. The van der Waals surface area contributed by atoms with Gasteiger partial charge in [-0.15, -0.1) is 0 Å². The maximum atomic E-state index is 12.4. The first-order valence-corrected chi connectivity index (χ1v) is 8.78. The SMILES string of the molecule is CCc1ccc(CC)c(CNC(=O)c2ccc(C)cc2I)c1. The third-order valence-electron chi connectivity index (χ3n) is 3.87. The normalized spacial score (nSPS) is 10.5. The number of carbonyl (C=O) groups excluding carboxylic acids is 1. The van der Waals surface area contributed by atoms with E-state index in [1.807, 2.05) is 25.1 Å². The topological polar surface area (TPSA) is 29.1 Å². The van der Waals surface area contributed by atoms with Crippen molar-refractivity contribution >= 4 is 28.5 Å². The number of aryl methyl sites for hydroxylation is 3. The van der Waals surface area contributed by atoms with E-state index >= 15 is 0 Å². The van der Waals surface area contributed by atoms with Crippen molar-refractivity contribution in [1.29, 1.82) is 0 Å². The van der Waals surface area contributed by atoms with E-state index in [4.69, 9.17) is 0 Å². The molecule has 0 spiro atoms. The first kappa shape index (κ1) is 17.0. The van der Waals surface area contributed by atoms with Crippen LogP contribution in [0.1, 0.15) is 46.5 Å². The second kappa shape index (κ2) is 7.77. The Balaban J connectivity index is 2.13. The van der Waals surface area contributed by atoms with Crippen molar-refractivity contribution < 1.29 is 4.79 Å². The van der Waals surface area contributed by atoms with Gasteiger partial charge in [0.05, 0.1) is 5.56 Å². The molecule has 0 bridgehead atoms. The second-order valence-electron chi connectivity index (χ2n) is 5.48. The predicted octanol–water partition coefficient (Wildman–Crippen LogP) is 4.65. The van der Waals surface area contributed by atoms with Crippen LogP contribution in [0.2, 0.25) is 0 Å². The van der Waals surface area contributed by atoms with Crippen molar-refractivity contribution in [2.75, 3.05) is 0 Å². The van der Waals surface area contributed by atoms with E-state index in [1.54, 1.807) is 0 Å². The Kier molecular flexibility index (Phi) is 6.00. The molecule has 1 amide bonds. The van der Waals surface area contributed by atoms with Gasteiger partial charge in [0.25, 0.3) is 5.91 Å². The van der Waals surface area contributed by atoms with Crippen molar-refractivity contribution in [1.82, 2.24) is 5.32 Å². The molecule has 3 heteroatoms. The lowest BCUT2D eigenvalue weighted by Crippen LogP contribution is -2.24. The second-order valence-corrected chi connectivity index (χ2v) is 6.64. The van der Waals surface area contributed by atoms with E-state index in [1.165, 1.54) is 22.3 Å². The minimum Gasteiger partial charge on any atom is -0.348 e. The molecule has 1 N–H and O–H groups in total. The Morgan fingerprint density at radius 2 is 1.82 bits per heavy atom. The third-order valence-corrected chi connectivity index (χ3v) is 4.76. The van der Waals surface area contributed by atoms with E-state index < -0.39 is 0 Å². The van der Waals surface area contributed by atoms with Crippen molar-refractivity contribution in [3.05, 3.63) is 67.8 Å². The number of hydrogen-bond donors (Lipinski definition) is 1. The summed E-state index contributed by atoms with van der Waals surface area (Å²) < 4.78 is 0.994. The maximum absolute atomic E-state index is 12.4. The van der Waals surface area contributed by atoms with Crippen molar-refractivity contribution in [3.63, 3.8) is 0 Å². The van der Waals surface area contributed by atoms with Gasteiger partial charge in [-0.1, -0.05) is 43.7 Å². The average molecular weight is 407 g/mol. The summed E-state index contributed by atoms with van der Waals surface area (Å²) in [6.07, 6.45) is 2.00. The zero-order chi connectivity index (χ0) is 16.1. The van der Waals surface area contributed by atoms with Crippen LogP contribution in [0.15, 0.2) is 36.4 Å². The number of carbonyl (C=O) groups is 1. The summed E-state index contributed by atoms with van der Waals surface area (Å²) in [5.74, 6) is -0.00615. The quantitative estimate of drug-likeness (QED) is 0.719. The van der Waals surface area contributed by atoms with Crippen LogP contribution in [-0.4, -0.2) is 5.91 Å². The summed E-state index contributed by atoms with van der Waals surface area (Å²) in [5, 5.41) is 3.06.